The summed E-state index contributed by atoms with van der Waals surface area (Å²) in [6.45, 7) is 8.04. The minimum Gasteiger partial charge on any atom is -0.444 e. The standard InChI is InChI=1S/C21H27N3O3S/c1-14-8-10-15(11-9-14)16-13-28-19(22-16)23-18(25)17-7-5-6-12-24(17)20(26)27-21(2,3)4/h8-11,13,17H,5-7,12H2,1-4H3,(H,22,23,25). The van der Waals surface area contributed by atoms with E-state index in [4.69, 9.17) is 4.74 Å². The number of likely N-dealkylation sites (tertiary alicyclic amines) is 1. The molecule has 1 aromatic carbocycles. The second kappa shape index (κ2) is 8.31. The molecule has 2 heterocycles. The van der Waals surface area contributed by atoms with E-state index in [2.05, 4.69) is 10.3 Å². The fourth-order valence-electron chi connectivity index (χ4n) is 3.12. The number of hydrogen-bond donors (Lipinski definition) is 1. The molecule has 0 radical (unpaired) electrons. The fraction of sp³-hybridized carbons (Fsp3) is 0.476. The second-order valence-electron chi connectivity index (χ2n) is 8.08. The van der Waals surface area contributed by atoms with Gasteiger partial charge in [0.15, 0.2) is 5.13 Å². The summed E-state index contributed by atoms with van der Waals surface area (Å²) >= 11 is 1.38. The van der Waals surface area contributed by atoms with E-state index >= 15 is 0 Å². The number of ether oxygens (including phenoxy) is 1. The van der Waals surface area contributed by atoms with Gasteiger partial charge in [-0.25, -0.2) is 9.78 Å². The molecule has 1 fully saturated rings. The summed E-state index contributed by atoms with van der Waals surface area (Å²) in [5.74, 6) is -0.213. The lowest BCUT2D eigenvalue weighted by atomic mass is 10.0. The van der Waals surface area contributed by atoms with Crippen molar-refractivity contribution in [2.75, 3.05) is 11.9 Å². The minimum absolute atomic E-state index is 0.213. The van der Waals surface area contributed by atoms with Crippen molar-refractivity contribution < 1.29 is 14.3 Å². The Labute approximate surface area is 169 Å². The highest BCUT2D eigenvalue weighted by atomic mass is 32.1. The third kappa shape index (κ3) is 5.10. The first-order valence-electron chi connectivity index (χ1n) is 9.56. The summed E-state index contributed by atoms with van der Waals surface area (Å²) in [4.78, 5) is 31.4. The van der Waals surface area contributed by atoms with Crippen molar-refractivity contribution in [1.29, 1.82) is 0 Å². The molecule has 150 valence electrons. The zero-order valence-corrected chi connectivity index (χ0v) is 17.6. The molecule has 28 heavy (non-hydrogen) atoms. The summed E-state index contributed by atoms with van der Waals surface area (Å²) < 4.78 is 5.47. The molecule has 0 bridgehead atoms. The van der Waals surface area contributed by atoms with Gasteiger partial charge in [0.2, 0.25) is 5.91 Å². The third-order valence-electron chi connectivity index (χ3n) is 4.52. The zero-order chi connectivity index (χ0) is 20.3. The van der Waals surface area contributed by atoms with Gasteiger partial charge < -0.3 is 10.1 Å². The van der Waals surface area contributed by atoms with Crippen molar-refractivity contribution >= 4 is 28.5 Å². The van der Waals surface area contributed by atoms with Crippen LogP contribution in [-0.2, 0) is 9.53 Å². The molecule has 0 spiro atoms. The number of carbonyl (C=O) groups excluding carboxylic acids is 2. The highest BCUT2D eigenvalue weighted by molar-refractivity contribution is 7.14. The van der Waals surface area contributed by atoms with Crippen LogP contribution in [0.25, 0.3) is 11.3 Å². The van der Waals surface area contributed by atoms with Crippen LogP contribution in [-0.4, -0.2) is 40.1 Å². The molecule has 1 aromatic heterocycles. The number of nitrogens with one attached hydrogen (secondary N) is 1. The minimum atomic E-state index is -0.589. The van der Waals surface area contributed by atoms with Gasteiger partial charge in [-0.15, -0.1) is 11.3 Å². The highest BCUT2D eigenvalue weighted by Gasteiger charge is 2.35. The lowest BCUT2D eigenvalue weighted by molar-refractivity contribution is -0.122. The van der Waals surface area contributed by atoms with Crippen LogP contribution in [0.2, 0.25) is 0 Å². The molecule has 6 nitrogen and oxygen atoms in total. The Morgan fingerprint density at radius 2 is 1.93 bits per heavy atom. The maximum Gasteiger partial charge on any atom is 0.410 e. The van der Waals surface area contributed by atoms with E-state index in [1.54, 1.807) is 4.90 Å². The summed E-state index contributed by atoms with van der Waals surface area (Å²) in [6, 6.07) is 7.57. The van der Waals surface area contributed by atoms with Crippen LogP contribution in [0.4, 0.5) is 9.93 Å². The summed E-state index contributed by atoms with van der Waals surface area (Å²) in [7, 11) is 0. The monoisotopic (exact) mass is 401 g/mol. The number of anilines is 1. The number of carbonyl (C=O) groups is 2. The lowest BCUT2D eigenvalue weighted by Crippen LogP contribution is -2.51. The average molecular weight is 402 g/mol. The Balaban J connectivity index is 1.69. The number of nitrogens with zero attached hydrogens (tertiary/aromatic N) is 2. The van der Waals surface area contributed by atoms with Gasteiger partial charge >= 0.3 is 6.09 Å². The van der Waals surface area contributed by atoms with Gasteiger partial charge in [0, 0.05) is 17.5 Å². The van der Waals surface area contributed by atoms with Crippen molar-refractivity contribution in [2.24, 2.45) is 0 Å². The first-order valence-corrected chi connectivity index (χ1v) is 10.4. The number of aryl methyl sites for hydroxylation is 1. The van der Waals surface area contributed by atoms with E-state index in [-0.39, 0.29) is 5.91 Å². The number of amides is 2. The molecular weight excluding hydrogens is 374 g/mol. The molecule has 2 aromatic rings. The number of hydrogen-bond acceptors (Lipinski definition) is 5. The van der Waals surface area contributed by atoms with Gasteiger partial charge in [-0.05, 0) is 47.0 Å². The summed E-state index contributed by atoms with van der Waals surface area (Å²) in [6.07, 6.45) is 1.97. The van der Waals surface area contributed by atoms with Crippen molar-refractivity contribution in [2.45, 2.75) is 58.6 Å². The maximum atomic E-state index is 12.8. The third-order valence-corrected chi connectivity index (χ3v) is 5.27. The van der Waals surface area contributed by atoms with Gasteiger partial charge in [0.25, 0.3) is 0 Å². The van der Waals surface area contributed by atoms with E-state index in [0.717, 1.165) is 24.1 Å². The second-order valence-corrected chi connectivity index (χ2v) is 8.94. The largest absolute Gasteiger partial charge is 0.444 e. The molecule has 1 unspecified atom stereocenters. The topological polar surface area (TPSA) is 71.5 Å². The van der Waals surface area contributed by atoms with Crippen molar-refractivity contribution in [3.05, 3.63) is 35.2 Å². The van der Waals surface area contributed by atoms with Crippen LogP contribution < -0.4 is 5.32 Å². The molecule has 1 aliphatic rings. The Morgan fingerprint density at radius 1 is 1.21 bits per heavy atom. The normalized spacial score (nSPS) is 17.3. The number of rotatable bonds is 3. The van der Waals surface area contributed by atoms with Gasteiger partial charge in [-0.3, -0.25) is 9.69 Å². The summed E-state index contributed by atoms with van der Waals surface area (Å²) in [5.41, 5.74) is 2.43. The molecule has 3 rings (SSSR count). The SMILES string of the molecule is Cc1ccc(-c2csc(NC(=O)C3CCCCN3C(=O)OC(C)(C)C)n2)cc1. The number of benzene rings is 1. The van der Waals surface area contributed by atoms with E-state index in [1.165, 1.54) is 16.9 Å². The predicted octanol–water partition coefficient (Wildman–Crippen LogP) is 4.85. The van der Waals surface area contributed by atoms with Crippen LogP contribution >= 0.6 is 11.3 Å². The summed E-state index contributed by atoms with van der Waals surface area (Å²) in [5, 5.41) is 5.34. The maximum absolute atomic E-state index is 12.8. The van der Waals surface area contributed by atoms with Gasteiger partial charge in [-0.1, -0.05) is 29.8 Å². The van der Waals surface area contributed by atoms with Crippen LogP contribution in [0.15, 0.2) is 29.6 Å². The molecule has 1 atom stereocenters. The quantitative estimate of drug-likeness (QED) is 0.798. The Morgan fingerprint density at radius 3 is 2.61 bits per heavy atom. The molecule has 2 amide bonds. The Kier molecular flexibility index (Phi) is 6.03. The van der Waals surface area contributed by atoms with E-state index in [9.17, 15) is 9.59 Å². The van der Waals surface area contributed by atoms with Crippen LogP contribution in [0, 0.1) is 6.92 Å². The fourth-order valence-corrected chi connectivity index (χ4v) is 3.84. The average Bonchev–Trinajstić information content (AvgIpc) is 3.09. The molecule has 1 aliphatic heterocycles. The van der Waals surface area contributed by atoms with Crippen LogP contribution in [0.1, 0.15) is 45.6 Å². The zero-order valence-electron chi connectivity index (χ0n) is 16.8. The van der Waals surface area contributed by atoms with E-state index in [0.29, 0.717) is 18.1 Å². The molecular formula is C21H27N3O3S. The van der Waals surface area contributed by atoms with Crippen molar-refractivity contribution in [3.8, 4) is 11.3 Å². The smallest absolute Gasteiger partial charge is 0.410 e. The first kappa shape index (κ1) is 20.3. The first-order chi connectivity index (χ1) is 13.2. The van der Waals surface area contributed by atoms with Crippen molar-refractivity contribution in [1.82, 2.24) is 9.88 Å². The molecule has 7 heteroatoms. The molecule has 0 aliphatic carbocycles. The lowest BCUT2D eigenvalue weighted by Gasteiger charge is -2.35. The number of thiazole rings is 1. The predicted molar refractivity (Wildman–Crippen MR) is 111 cm³/mol. The van der Waals surface area contributed by atoms with Gasteiger partial charge in [0.05, 0.1) is 5.69 Å². The molecule has 1 N–H and O–H groups in total. The van der Waals surface area contributed by atoms with Gasteiger partial charge in [0.1, 0.15) is 11.6 Å². The number of piperidine rings is 1. The van der Waals surface area contributed by atoms with Crippen molar-refractivity contribution in [3.63, 3.8) is 0 Å². The Hall–Kier alpha value is -2.41. The van der Waals surface area contributed by atoms with Crippen LogP contribution in [0.3, 0.4) is 0 Å². The molecule has 0 saturated carbocycles. The van der Waals surface area contributed by atoms with E-state index in [1.807, 2.05) is 57.3 Å². The van der Waals surface area contributed by atoms with Gasteiger partial charge in [-0.2, -0.15) is 0 Å². The van der Waals surface area contributed by atoms with E-state index < -0.39 is 17.7 Å². The number of aromatic nitrogens is 1. The van der Waals surface area contributed by atoms with Crippen LogP contribution in [0.5, 0.6) is 0 Å². The highest BCUT2D eigenvalue weighted by Crippen LogP contribution is 2.27. The Bertz CT molecular complexity index is 839. The molecule has 1 saturated heterocycles.